The highest BCUT2D eigenvalue weighted by Gasteiger charge is 2.45. The molecule has 0 radical (unpaired) electrons. The lowest BCUT2D eigenvalue weighted by molar-refractivity contribution is -0.131. The number of nitrogens with one attached hydrogen (secondary N) is 6. The van der Waals surface area contributed by atoms with Crippen LogP contribution in [0.4, 0.5) is 5.69 Å². The van der Waals surface area contributed by atoms with Gasteiger partial charge in [-0.3, -0.25) is 24.1 Å². The molecule has 0 spiro atoms. The molecule has 3 heterocycles. The van der Waals surface area contributed by atoms with Crippen molar-refractivity contribution in [3.63, 3.8) is 0 Å². The summed E-state index contributed by atoms with van der Waals surface area (Å²) in [6.45, 7) is 1.07. The van der Waals surface area contributed by atoms with Gasteiger partial charge in [-0.15, -0.1) is 0 Å². The molecule has 210 valence electrons. The number of hydrogen-bond acceptors (Lipinski definition) is 7. The van der Waals surface area contributed by atoms with Gasteiger partial charge in [0.25, 0.3) is 5.91 Å². The molecule has 11 nitrogen and oxygen atoms in total. The van der Waals surface area contributed by atoms with Gasteiger partial charge in [-0.25, -0.2) is 10.9 Å². The zero-order chi connectivity index (χ0) is 27.6. The van der Waals surface area contributed by atoms with Gasteiger partial charge >= 0.3 is 0 Å². The Morgan fingerprint density at radius 2 is 1.80 bits per heavy atom. The first kappa shape index (κ1) is 26.4. The molecule has 6 N–H and O–H groups in total. The van der Waals surface area contributed by atoms with Crippen molar-refractivity contribution in [2.45, 2.75) is 62.7 Å². The second-order valence-electron chi connectivity index (χ2n) is 11.1. The minimum Gasteiger partial charge on any atom is -0.353 e. The first-order valence-corrected chi connectivity index (χ1v) is 14.1. The molecule has 2 aromatic rings. The molecule has 2 fully saturated rings. The summed E-state index contributed by atoms with van der Waals surface area (Å²) >= 11 is 0. The fourth-order valence-corrected chi connectivity index (χ4v) is 6.06. The number of para-hydroxylation sites is 1. The highest BCUT2D eigenvalue weighted by Crippen LogP contribution is 2.39. The van der Waals surface area contributed by atoms with Crippen LogP contribution in [0.15, 0.2) is 48.5 Å². The third kappa shape index (κ3) is 5.19. The molecule has 4 aliphatic rings. The van der Waals surface area contributed by atoms with Gasteiger partial charge < -0.3 is 16.0 Å². The molecule has 11 heteroatoms. The van der Waals surface area contributed by atoms with Gasteiger partial charge in [0.15, 0.2) is 0 Å². The molecule has 1 aliphatic carbocycles. The number of carbonyl (C=O) groups is 4. The van der Waals surface area contributed by atoms with Crippen LogP contribution in [0.3, 0.4) is 0 Å². The summed E-state index contributed by atoms with van der Waals surface area (Å²) in [6, 6.07) is 12.5. The fourth-order valence-electron chi connectivity index (χ4n) is 6.06. The van der Waals surface area contributed by atoms with E-state index in [9.17, 15) is 19.2 Å². The number of amides is 4. The first-order chi connectivity index (χ1) is 19.5. The summed E-state index contributed by atoms with van der Waals surface area (Å²) in [5, 5.41) is 8.87. The van der Waals surface area contributed by atoms with Gasteiger partial charge in [-0.1, -0.05) is 42.8 Å². The average Bonchev–Trinajstić information content (AvgIpc) is 3.58. The number of hydrogen-bond donors (Lipinski definition) is 6. The number of nitrogens with zero attached hydrogens (tertiary/aromatic N) is 1. The Labute approximate surface area is 232 Å². The monoisotopic (exact) mass is 545 g/mol. The lowest BCUT2D eigenvalue weighted by Gasteiger charge is -2.34. The van der Waals surface area contributed by atoms with Gasteiger partial charge in [0.2, 0.25) is 17.7 Å². The summed E-state index contributed by atoms with van der Waals surface area (Å²) < 4.78 is 0. The number of anilines is 1. The lowest BCUT2D eigenvalue weighted by Crippen LogP contribution is -2.59. The Hall–Kier alpha value is -3.80. The van der Waals surface area contributed by atoms with Crippen molar-refractivity contribution in [3.05, 3.63) is 65.2 Å². The predicted octanol–water partition coefficient (Wildman–Crippen LogP) is 0.0712. The van der Waals surface area contributed by atoms with Crippen LogP contribution in [-0.2, 0) is 27.2 Å². The topological polar surface area (TPSA) is 144 Å². The molecule has 3 aliphatic heterocycles. The molecule has 2 aromatic carbocycles. The van der Waals surface area contributed by atoms with Crippen LogP contribution in [-0.4, -0.2) is 60.9 Å². The van der Waals surface area contributed by atoms with Crippen LogP contribution in [0, 0.1) is 5.92 Å². The smallest absolute Gasteiger partial charge is 0.251 e. The number of benzene rings is 2. The van der Waals surface area contributed by atoms with Crippen LogP contribution in [0.2, 0.25) is 0 Å². The third-order valence-electron chi connectivity index (χ3n) is 8.49. The molecule has 0 aromatic heterocycles. The van der Waals surface area contributed by atoms with E-state index in [1.807, 2.05) is 24.3 Å². The highest BCUT2D eigenvalue weighted by atomic mass is 16.2. The minimum atomic E-state index is -0.803. The Bertz CT molecular complexity index is 1290. The second-order valence-corrected chi connectivity index (χ2v) is 11.1. The van der Waals surface area contributed by atoms with E-state index in [-0.39, 0.29) is 35.6 Å². The number of aryl methyl sites for hydroxylation is 1. The number of rotatable bonds is 8. The van der Waals surface area contributed by atoms with Crippen molar-refractivity contribution in [3.8, 4) is 0 Å². The fraction of sp³-hybridized carbons (Fsp3) is 0.448. The molecular weight excluding hydrogens is 510 g/mol. The van der Waals surface area contributed by atoms with Gasteiger partial charge in [0.1, 0.15) is 18.1 Å². The van der Waals surface area contributed by atoms with Crippen molar-refractivity contribution in [2.24, 2.45) is 5.92 Å². The van der Waals surface area contributed by atoms with E-state index in [4.69, 9.17) is 0 Å². The van der Waals surface area contributed by atoms with E-state index in [2.05, 4.69) is 32.3 Å². The van der Waals surface area contributed by atoms with Crippen molar-refractivity contribution in [2.75, 3.05) is 18.0 Å². The van der Waals surface area contributed by atoms with Crippen molar-refractivity contribution >= 4 is 29.3 Å². The summed E-state index contributed by atoms with van der Waals surface area (Å²) in [7, 11) is 0. The van der Waals surface area contributed by atoms with E-state index < -0.39 is 18.1 Å². The Morgan fingerprint density at radius 3 is 2.52 bits per heavy atom. The molecule has 6 rings (SSSR count). The first-order valence-electron chi connectivity index (χ1n) is 14.1. The van der Waals surface area contributed by atoms with E-state index in [0.717, 1.165) is 36.1 Å². The maximum Gasteiger partial charge on any atom is 0.251 e. The number of hydrazine groups is 2. The van der Waals surface area contributed by atoms with Crippen LogP contribution in [0.5, 0.6) is 0 Å². The summed E-state index contributed by atoms with van der Waals surface area (Å²) in [6.07, 6.45) is 4.13. The normalized spacial score (nSPS) is 24.4. The van der Waals surface area contributed by atoms with E-state index in [0.29, 0.717) is 37.9 Å². The maximum absolute atomic E-state index is 14.0. The second kappa shape index (κ2) is 11.4. The summed E-state index contributed by atoms with van der Waals surface area (Å²) in [4.78, 5) is 55.5. The van der Waals surface area contributed by atoms with Crippen LogP contribution in [0.1, 0.15) is 47.2 Å². The third-order valence-corrected chi connectivity index (χ3v) is 8.49. The standard InChI is InChI=1S/C29H35N7O4/c37-26(19-6-2-1-3-7-19)33-24(17-8-4-9-17)28(39)32-22-13-12-18-10-5-11-20-14-23(36(25(18)20)29(22)40)27(38)30-15-21-16-31-35-34-21/h1-3,5-7,10-11,17,21-24,31,34-35H,4,8-9,12-16H2,(H,30,38)(H,32,39)(H,33,37)/t21?,22-,23-,24-/m0/s1. The summed E-state index contributed by atoms with van der Waals surface area (Å²) in [5.74, 6) is -1.16. The quantitative estimate of drug-likeness (QED) is 0.276. The summed E-state index contributed by atoms with van der Waals surface area (Å²) in [5.41, 5.74) is 12.0. The van der Waals surface area contributed by atoms with Crippen molar-refractivity contribution in [1.82, 2.24) is 32.3 Å². The Morgan fingerprint density at radius 1 is 1.00 bits per heavy atom. The Balaban J connectivity index is 1.19. The molecule has 1 saturated carbocycles. The number of carbonyl (C=O) groups excluding carboxylic acids is 4. The zero-order valence-corrected chi connectivity index (χ0v) is 22.2. The molecule has 1 saturated heterocycles. The minimum absolute atomic E-state index is 0.0239. The lowest BCUT2D eigenvalue weighted by atomic mass is 9.79. The maximum atomic E-state index is 14.0. The van der Waals surface area contributed by atoms with Crippen LogP contribution < -0.4 is 37.2 Å². The van der Waals surface area contributed by atoms with Gasteiger partial charge in [0, 0.05) is 25.1 Å². The van der Waals surface area contributed by atoms with Crippen LogP contribution >= 0.6 is 0 Å². The van der Waals surface area contributed by atoms with E-state index >= 15 is 0 Å². The Kier molecular flexibility index (Phi) is 7.50. The van der Waals surface area contributed by atoms with Crippen molar-refractivity contribution < 1.29 is 19.2 Å². The average molecular weight is 546 g/mol. The predicted molar refractivity (Wildman–Crippen MR) is 148 cm³/mol. The molecule has 0 bridgehead atoms. The van der Waals surface area contributed by atoms with Crippen LogP contribution in [0.25, 0.3) is 0 Å². The molecule has 40 heavy (non-hydrogen) atoms. The molecule has 4 atom stereocenters. The molecule has 1 unspecified atom stereocenters. The molecule has 4 amide bonds. The SMILES string of the molecule is O=C(N[C@H](C(=O)N[C@H]1CCc2cccc3c2N(C1=O)[C@H](C(=O)NCC1CNNN1)C3)C1CCC1)c1ccccc1. The van der Waals surface area contributed by atoms with E-state index in [1.165, 1.54) is 0 Å². The van der Waals surface area contributed by atoms with Crippen molar-refractivity contribution in [1.29, 1.82) is 0 Å². The zero-order valence-electron chi connectivity index (χ0n) is 22.2. The molecular formula is C29H35N7O4. The highest BCUT2D eigenvalue weighted by molar-refractivity contribution is 6.08. The largest absolute Gasteiger partial charge is 0.353 e. The van der Waals surface area contributed by atoms with Gasteiger partial charge in [-0.2, -0.15) is 5.53 Å². The van der Waals surface area contributed by atoms with Gasteiger partial charge in [-0.05, 0) is 54.9 Å². The van der Waals surface area contributed by atoms with Gasteiger partial charge in [0.05, 0.1) is 11.7 Å². The van der Waals surface area contributed by atoms with E-state index in [1.54, 1.807) is 29.2 Å².